The fourth-order valence-corrected chi connectivity index (χ4v) is 2.53. The normalized spacial score (nSPS) is 12.3. The van der Waals surface area contributed by atoms with E-state index in [0.717, 1.165) is 28.4 Å². The largest absolute Gasteiger partial charge is 0.497 e. The zero-order chi connectivity index (χ0) is 16.2. The van der Waals surface area contributed by atoms with Crippen molar-refractivity contribution in [2.75, 3.05) is 7.11 Å². The average molecular weight is 312 g/mol. The van der Waals surface area contributed by atoms with Crippen LogP contribution in [-0.2, 0) is 6.54 Å². The molecule has 3 rings (SSSR count). The van der Waals surface area contributed by atoms with Crippen LogP contribution in [0.5, 0.6) is 5.75 Å². The molecule has 0 aliphatic rings. The van der Waals surface area contributed by atoms with Gasteiger partial charge in [-0.05, 0) is 38.1 Å². The number of methoxy groups -OCH3 is 1. The zero-order valence-corrected chi connectivity index (χ0v) is 13.5. The Bertz CT molecular complexity index is 748. The molecule has 120 valence electrons. The molecule has 1 N–H and O–H groups in total. The molecule has 2 heterocycles. The molecule has 0 amide bonds. The van der Waals surface area contributed by atoms with Gasteiger partial charge in [0.15, 0.2) is 0 Å². The standard InChI is InChI=1S/C17H20N4O2/c1-12(18-10-14-8-9-23-20-14)17-11-19-21(13(17)2)15-4-6-16(22-3)7-5-15/h4-9,11-12,18H,10H2,1-3H3/t12-/m0/s1. The van der Waals surface area contributed by atoms with Crippen molar-refractivity contribution in [3.63, 3.8) is 0 Å². The first-order chi connectivity index (χ1) is 11.2. The quantitative estimate of drug-likeness (QED) is 0.758. The Labute approximate surface area is 135 Å². The highest BCUT2D eigenvalue weighted by Crippen LogP contribution is 2.21. The second kappa shape index (κ2) is 6.66. The Morgan fingerprint density at radius 1 is 1.26 bits per heavy atom. The van der Waals surface area contributed by atoms with Crippen molar-refractivity contribution in [1.82, 2.24) is 20.3 Å². The highest BCUT2D eigenvalue weighted by molar-refractivity contribution is 5.39. The summed E-state index contributed by atoms with van der Waals surface area (Å²) in [6, 6.07) is 9.88. The van der Waals surface area contributed by atoms with Gasteiger partial charge in [0, 0.05) is 29.9 Å². The van der Waals surface area contributed by atoms with Crippen LogP contribution in [0.4, 0.5) is 0 Å². The summed E-state index contributed by atoms with van der Waals surface area (Å²) in [6.45, 7) is 4.84. The van der Waals surface area contributed by atoms with E-state index in [1.54, 1.807) is 13.4 Å². The van der Waals surface area contributed by atoms with Gasteiger partial charge in [-0.3, -0.25) is 0 Å². The summed E-state index contributed by atoms with van der Waals surface area (Å²) in [4.78, 5) is 0. The van der Waals surface area contributed by atoms with Gasteiger partial charge in [-0.1, -0.05) is 5.16 Å². The number of hydrogen-bond acceptors (Lipinski definition) is 5. The van der Waals surface area contributed by atoms with Crippen LogP contribution in [0.2, 0.25) is 0 Å². The average Bonchev–Trinajstić information content (AvgIpc) is 3.22. The Kier molecular flexibility index (Phi) is 4.43. The molecule has 0 saturated heterocycles. The Morgan fingerprint density at radius 2 is 2.04 bits per heavy atom. The van der Waals surface area contributed by atoms with Crippen molar-refractivity contribution in [2.45, 2.75) is 26.4 Å². The van der Waals surface area contributed by atoms with Crippen molar-refractivity contribution in [3.8, 4) is 11.4 Å². The van der Waals surface area contributed by atoms with E-state index in [1.165, 1.54) is 0 Å². The highest BCUT2D eigenvalue weighted by Gasteiger charge is 2.14. The van der Waals surface area contributed by atoms with Crippen LogP contribution in [0.15, 0.2) is 47.3 Å². The summed E-state index contributed by atoms with van der Waals surface area (Å²) in [5.74, 6) is 0.835. The van der Waals surface area contributed by atoms with Gasteiger partial charge < -0.3 is 14.6 Å². The van der Waals surface area contributed by atoms with E-state index < -0.39 is 0 Å². The predicted octanol–water partition coefficient (Wildman–Crippen LogP) is 3.03. The molecule has 0 aliphatic carbocycles. The lowest BCUT2D eigenvalue weighted by molar-refractivity contribution is 0.406. The molecule has 0 unspecified atom stereocenters. The smallest absolute Gasteiger partial charge is 0.124 e. The number of nitrogens with one attached hydrogen (secondary N) is 1. The van der Waals surface area contributed by atoms with Gasteiger partial charge in [0.1, 0.15) is 12.0 Å². The monoisotopic (exact) mass is 312 g/mol. The van der Waals surface area contributed by atoms with Gasteiger partial charge in [-0.2, -0.15) is 5.10 Å². The fourth-order valence-electron chi connectivity index (χ4n) is 2.53. The first-order valence-corrected chi connectivity index (χ1v) is 7.50. The van der Waals surface area contributed by atoms with Crippen LogP contribution < -0.4 is 10.1 Å². The number of benzene rings is 1. The maximum absolute atomic E-state index is 5.19. The lowest BCUT2D eigenvalue weighted by Gasteiger charge is -2.13. The van der Waals surface area contributed by atoms with E-state index in [9.17, 15) is 0 Å². The molecule has 6 nitrogen and oxygen atoms in total. The number of aromatic nitrogens is 3. The van der Waals surface area contributed by atoms with E-state index in [4.69, 9.17) is 9.26 Å². The molecule has 0 bridgehead atoms. The topological polar surface area (TPSA) is 65.1 Å². The molecule has 6 heteroatoms. The van der Waals surface area contributed by atoms with Crippen LogP contribution in [-0.4, -0.2) is 22.0 Å². The molecular formula is C17H20N4O2. The lowest BCUT2D eigenvalue weighted by Crippen LogP contribution is -2.18. The molecule has 0 fully saturated rings. The van der Waals surface area contributed by atoms with Crippen molar-refractivity contribution < 1.29 is 9.26 Å². The Hall–Kier alpha value is -2.60. The van der Waals surface area contributed by atoms with Gasteiger partial charge >= 0.3 is 0 Å². The summed E-state index contributed by atoms with van der Waals surface area (Å²) < 4.78 is 12.0. The third-order valence-electron chi connectivity index (χ3n) is 3.91. The van der Waals surface area contributed by atoms with Crippen LogP contribution >= 0.6 is 0 Å². The second-order valence-electron chi connectivity index (χ2n) is 5.39. The summed E-state index contributed by atoms with van der Waals surface area (Å²) in [5, 5.41) is 11.8. The Morgan fingerprint density at radius 3 is 2.70 bits per heavy atom. The zero-order valence-electron chi connectivity index (χ0n) is 13.5. The van der Waals surface area contributed by atoms with Crippen LogP contribution in [0.1, 0.15) is 29.9 Å². The first kappa shape index (κ1) is 15.3. The van der Waals surface area contributed by atoms with Crippen LogP contribution in [0.25, 0.3) is 5.69 Å². The van der Waals surface area contributed by atoms with Crippen LogP contribution in [0, 0.1) is 6.92 Å². The molecule has 0 saturated carbocycles. The molecule has 0 radical (unpaired) electrons. The molecule has 23 heavy (non-hydrogen) atoms. The summed E-state index contributed by atoms with van der Waals surface area (Å²) in [6.07, 6.45) is 3.48. The molecule has 0 spiro atoms. The predicted molar refractivity (Wildman–Crippen MR) is 86.6 cm³/mol. The number of hydrogen-bond donors (Lipinski definition) is 1. The summed E-state index contributed by atoms with van der Waals surface area (Å²) >= 11 is 0. The molecule has 0 aliphatic heterocycles. The highest BCUT2D eigenvalue weighted by atomic mass is 16.5. The van der Waals surface area contributed by atoms with Crippen molar-refractivity contribution in [1.29, 1.82) is 0 Å². The van der Waals surface area contributed by atoms with Gasteiger partial charge in [0.05, 0.1) is 24.7 Å². The van der Waals surface area contributed by atoms with Gasteiger partial charge in [0.25, 0.3) is 0 Å². The van der Waals surface area contributed by atoms with Crippen molar-refractivity contribution in [3.05, 3.63) is 59.7 Å². The van der Waals surface area contributed by atoms with E-state index in [0.29, 0.717) is 6.54 Å². The number of ether oxygens (including phenoxy) is 1. The second-order valence-corrected chi connectivity index (χ2v) is 5.39. The molecule has 1 atom stereocenters. The first-order valence-electron chi connectivity index (χ1n) is 7.50. The molecule has 1 aromatic carbocycles. The number of rotatable bonds is 6. The van der Waals surface area contributed by atoms with E-state index in [2.05, 4.69) is 29.4 Å². The maximum Gasteiger partial charge on any atom is 0.124 e. The number of nitrogens with zero attached hydrogens (tertiary/aromatic N) is 3. The van der Waals surface area contributed by atoms with Crippen molar-refractivity contribution >= 4 is 0 Å². The maximum atomic E-state index is 5.19. The van der Waals surface area contributed by atoms with Crippen LogP contribution in [0.3, 0.4) is 0 Å². The third kappa shape index (κ3) is 3.27. The van der Waals surface area contributed by atoms with E-state index >= 15 is 0 Å². The van der Waals surface area contributed by atoms with Gasteiger partial charge in [0.2, 0.25) is 0 Å². The van der Waals surface area contributed by atoms with E-state index in [-0.39, 0.29) is 6.04 Å². The Balaban J connectivity index is 1.75. The fraction of sp³-hybridized carbons (Fsp3) is 0.294. The minimum Gasteiger partial charge on any atom is -0.497 e. The van der Waals surface area contributed by atoms with Crippen molar-refractivity contribution in [2.24, 2.45) is 0 Å². The molecular weight excluding hydrogens is 292 g/mol. The van der Waals surface area contributed by atoms with E-state index in [1.807, 2.05) is 41.2 Å². The minimum absolute atomic E-state index is 0.165. The molecule has 3 aromatic rings. The molecule has 2 aromatic heterocycles. The lowest BCUT2D eigenvalue weighted by atomic mass is 10.1. The minimum atomic E-state index is 0.165. The SMILES string of the molecule is COc1ccc(-n2ncc([C@H](C)NCc3ccon3)c2C)cc1. The summed E-state index contributed by atoms with van der Waals surface area (Å²) in [5.41, 5.74) is 4.16. The van der Waals surface area contributed by atoms with Gasteiger partial charge in [-0.15, -0.1) is 0 Å². The third-order valence-corrected chi connectivity index (χ3v) is 3.91. The van der Waals surface area contributed by atoms with Gasteiger partial charge in [-0.25, -0.2) is 4.68 Å². The summed E-state index contributed by atoms with van der Waals surface area (Å²) in [7, 11) is 1.66.